The van der Waals surface area contributed by atoms with Crippen LogP contribution in [0.4, 0.5) is 0 Å². The second-order valence-electron chi connectivity index (χ2n) is 4.16. The molecule has 1 aromatic heterocycles. The van der Waals surface area contributed by atoms with Gasteiger partial charge in [-0.1, -0.05) is 60.2 Å². The van der Waals surface area contributed by atoms with E-state index in [1.165, 1.54) is 17.1 Å². The van der Waals surface area contributed by atoms with Crippen LogP contribution in [0.3, 0.4) is 0 Å². The third-order valence-corrected chi connectivity index (χ3v) is 3.52. The number of aromatic nitrogens is 2. The highest BCUT2D eigenvalue weighted by Gasteiger charge is 2.07. The lowest BCUT2D eigenvalue weighted by atomic mass is 10.1. The van der Waals surface area contributed by atoms with E-state index in [2.05, 4.69) is 40.5 Å². The monoisotopic (exact) mass is 252 g/mol. The molecule has 0 saturated heterocycles. The number of nitrogens with zero attached hydrogens (tertiary/aromatic N) is 2. The standard InChI is InChI=1S/C15H12N2S/c1-11-7-9-13(10-8-11)15-16-14(17-18-15)12-5-3-2-4-6-12/h2-10H,1H3. The summed E-state index contributed by atoms with van der Waals surface area (Å²) in [4.78, 5) is 4.59. The molecule has 2 aromatic carbocycles. The van der Waals surface area contributed by atoms with Crippen LogP contribution in [-0.2, 0) is 0 Å². The Morgan fingerprint density at radius 1 is 0.833 bits per heavy atom. The zero-order chi connectivity index (χ0) is 12.4. The van der Waals surface area contributed by atoms with Gasteiger partial charge in [-0.25, -0.2) is 4.98 Å². The van der Waals surface area contributed by atoms with Gasteiger partial charge in [0.2, 0.25) is 0 Å². The molecule has 0 aliphatic carbocycles. The first-order chi connectivity index (χ1) is 8.83. The molecule has 0 N–H and O–H groups in total. The van der Waals surface area contributed by atoms with Crippen molar-refractivity contribution < 1.29 is 0 Å². The van der Waals surface area contributed by atoms with Crippen molar-refractivity contribution in [3.05, 3.63) is 60.2 Å². The van der Waals surface area contributed by atoms with Crippen LogP contribution in [0.2, 0.25) is 0 Å². The molecule has 0 radical (unpaired) electrons. The Balaban J connectivity index is 1.97. The minimum atomic E-state index is 0.802. The molecule has 0 amide bonds. The van der Waals surface area contributed by atoms with Gasteiger partial charge in [0, 0.05) is 11.1 Å². The number of hydrogen-bond donors (Lipinski definition) is 0. The fraction of sp³-hybridized carbons (Fsp3) is 0.0667. The zero-order valence-corrected chi connectivity index (χ0v) is 10.8. The summed E-state index contributed by atoms with van der Waals surface area (Å²) >= 11 is 1.44. The van der Waals surface area contributed by atoms with Crippen LogP contribution >= 0.6 is 11.5 Å². The van der Waals surface area contributed by atoms with E-state index in [1.54, 1.807) is 0 Å². The Labute approximate surface area is 110 Å². The van der Waals surface area contributed by atoms with Gasteiger partial charge in [-0.3, -0.25) is 0 Å². The number of rotatable bonds is 2. The zero-order valence-electron chi connectivity index (χ0n) is 10.00. The van der Waals surface area contributed by atoms with E-state index in [4.69, 9.17) is 0 Å². The van der Waals surface area contributed by atoms with E-state index in [1.807, 2.05) is 30.3 Å². The Morgan fingerprint density at radius 3 is 2.28 bits per heavy atom. The van der Waals surface area contributed by atoms with Crippen LogP contribution in [0.25, 0.3) is 22.0 Å². The van der Waals surface area contributed by atoms with Crippen LogP contribution in [-0.4, -0.2) is 9.36 Å². The van der Waals surface area contributed by atoms with Gasteiger partial charge in [0.25, 0.3) is 0 Å². The molecule has 0 atom stereocenters. The summed E-state index contributed by atoms with van der Waals surface area (Å²) < 4.78 is 4.42. The van der Waals surface area contributed by atoms with Gasteiger partial charge in [-0.2, -0.15) is 4.37 Å². The predicted molar refractivity (Wildman–Crippen MR) is 75.5 cm³/mol. The quantitative estimate of drug-likeness (QED) is 0.683. The van der Waals surface area contributed by atoms with Crippen molar-refractivity contribution in [3.8, 4) is 22.0 Å². The molecule has 0 spiro atoms. The molecule has 0 aliphatic heterocycles. The highest BCUT2D eigenvalue weighted by atomic mass is 32.1. The smallest absolute Gasteiger partial charge is 0.173 e. The van der Waals surface area contributed by atoms with Crippen molar-refractivity contribution in [1.29, 1.82) is 0 Å². The van der Waals surface area contributed by atoms with Crippen molar-refractivity contribution in [2.24, 2.45) is 0 Å². The molecule has 3 rings (SSSR count). The lowest BCUT2D eigenvalue weighted by molar-refractivity contribution is 1.32. The van der Waals surface area contributed by atoms with Crippen molar-refractivity contribution >= 4 is 11.5 Å². The molecule has 3 aromatic rings. The first-order valence-electron chi connectivity index (χ1n) is 5.79. The summed E-state index contributed by atoms with van der Waals surface area (Å²) in [5.74, 6) is 0.802. The van der Waals surface area contributed by atoms with Gasteiger partial charge in [0.1, 0.15) is 5.01 Å². The molecule has 0 unspecified atom stereocenters. The molecule has 0 bridgehead atoms. The first-order valence-corrected chi connectivity index (χ1v) is 6.56. The second kappa shape index (κ2) is 4.70. The van der Waals surface area contributed by atoms with E-state index in [0.717, 1.165) is 22.0 Å². The first kappa shape index (κ1) is 11.1. The van der Waals surface area contributed by atoms with E-state index in [-0.39, 0.29) is 0 Å². The minimum Gasteiger partial charge on any atom is -0.215 e. The predicted octanol–water partition coefficient (Wildman–Crippen LogP) is 4.18. The topological polar surface area (TPSA) is 25.8 Å². The molecule has 1 heterocycles. The van der Waals surface area contributed by atoms with Gasteiger partial charge >= 0.3 is 0 Å². The maximum atomic E-state index is 4.59. The van der Waals surface area contributed by atoms with E-state index in [0.29, 0.717) is 0 Å². The van der Waals surface area contributed by atoms with Gasteiger partial charge < -0.3 is 0 Å². The third kappa shape index (κ3) is 2.17. The molecule has 88 valence electrons. The lowest BCUT2D eigenvalue weighted by Gasteiger charge is -1.96. The van der Waals surface area contributed by atoms with Crippen molar-refractivity contribution in [2.45, 2.75) is 6.92 Å². The Kier molecular flexibility index (Phi) is 2.90. The molecule has 18 heavy (non-hydrogen) atoms. The number of benzene rings is 2. The fourth-order valence-corrected chi connectivity index (χ4v) is 2.43. The maximum absolute atomic E-state index is 4.59. The molecular weight excluding hydrogens is 240 g/mol. The van der Waals surface area contributed by atoms with Crippen molar-refractivity contribution in [3.63, 3.8) is 0 Å². The highest BCUT2D eigenvalue weighted by Crippen LogP contribution is 2.25. The van der Waals surface area contributed by atoms with E-state index in [9.17, 15) is 0 Å². The fourth-order valence-electron chi connectivity index (χ4n) is 1.74. The summed E-state index contributed by atoms with van der Waals surface area (Å²) in [6.45, 7) is 2.08. The summed E-state index contributed by atoms with van der Waals surface area (Å²) in [6, 6.07) is 18.4. The number of hydrogen-bond acceptors (Lipinski definition) is 3. The van der Waals surface area contributed by atoms with Gasteiger partial charge in [-0.15, -0.1) is 0 Å². The molecule has 2 nitrogen and oxygen atoms in total. The lowest BCUT2D eigenvalue weighted by Crippen LogP contribution is -1.80. The summed E-state index contributed by atoms with van der Waals surface area (Å²) in [6.07, 6.45) is 0. The summed E-state index contributed by atoms with van der Waals surface area (Å²) in [5.41, 5.74) is 3.44. The van der Waals surface area contributed by atoms with E-state index >= 15 is 0 Å². The Bertz CT molecular complexity index is 642. The van der Waals surface area contributed by atoms with E-state index < -0.39 is 0 Å². The highest BCUT2D eigenvalue weighted by molar-refractivity contribution is 7.09. The second-order valence-corrected chi connectivity index (χ2v) is 4.91. The molecular formula is C15H12N2S. The average molecular weight is 252 g/mol. The van der Waals surface area contributed by atoms with Crippen LogP contribution in [0.5, 0.6) is 0 Å². The van der Waals surface area contributed by atoms with Gasteiger partial charge in [0.05, 0.1) is 0 Å². The van der Waals surface area contributed by atoms with Crippen molar-refractivity contribution in [2.75, 3.05) is 0 Å². The third-order valence-electron chi connectivity index (χ3n) is 2.76. The van der Waals surface area contributed by atoms with Crippen LogP contribution in [0, 0.1) is 6.92 Å². The molecule has 3 heteroatoms. The van der Waals surface area contributed by atoms with Crippen molar-refractivity contribution in [1.82, 2.24) is 9.36 Å². The summed E-state index contributed by atoms with van der Waals surface area (Å²) in [7, 11) is 0. The summed E-state index contributed by atoms with van der Waals surface area (Å²) in [5, 5.41) is 0.967. The van der Waals surface area contributed by atoms with Gasteiger partial charge in [-0.05, 0) is 18.5 Å². The Hall–Kier alpha value is -2.00. The Morgan fingerprint density at radius 2 is 1.56 bits per heavy atom. The average Bonchev–Trinajstić information content (AvgIpc) is 2.90. The van der Waals surface area contributed by atoms with Crippen LogP contribution in [0.1, 0.15) is 5.56 Å². The minimum absolute atomic E-state index is 0.802. The SMILES string of the molecule is Cc1ccc(-c2nc(-c3ccccc3)ns2)cc1. The number of aryl methyl sites for hydroxylation is 1. The molecule has 0 fully saturated rings. The molecule has 0 saturated carbocycles. The normalized spacial score (nSPS) is 10.5. The molecule has 0 aliphatic rings. The van der Waals surface area contributed by atoms with Gasteiger partial charge in [0.15, 0.2) is 5.82 Å². The largest absolute Gasteiger partial charge is 0.215 e. The maximum Gasteiger partial charge on any atom is 0.173 e. The van der Waals surface area contributed by atoms with Crippen LogP contribution < -0.4 is 0 Å². The van der Waals surface area contributed by atoms with Crippen LogP contribution in [0.15, 0.2) is 54.6 Å².